The average Bonchev–Trinajstić information content (AvgIpc) is 3.47. The van der Waals surface area contributed by atoms with Crippen LogP contribution in [0.25, 0.3) is 11.0 Å². The molecule has 2 N–H and O–H groups in total. The van der Waals surface area contributed by atoms with Gasteiger partial charge in [-0.2, -0.15) is 5.26 Å². The van der Waals surface area contributed by atoms with Crippen LogP contribution in [-0.2, 0) is 15.0 Å². The zero-order valence-electron chi connectivity index (χ0n) is 22.7. The van der Waals surface area contributed by atoms with Gasteiger partial charge in [-0.15, -0.1) is 0 Å². The van der Waals surface area contributed by atoms with Crippen molar-refractivity contribution >= 4 is 46.0 Å². The van der Waals surface area contributed by atoms with Gasteiger partial charge in [-0.1, -0.05) is 43.6 Å². The number of imidazole rings is 1. The van der Waals surface area contributed by atoms with Crippen molar-refractivity contribution in [2.24, 2.45) is 5.92 Å². The first-order valence-electron chi connectivity index (χ1n) is 13.7. The number of aromatic nitrogens is 2. The molecule has 1 aliphatic carbocycles. The highest BCUT2D eigenvalue weighted by Gasteiger charge is 2.56. The number of H-pyrrole nitrogens is 1. The molecule has 1 saturated heterocycles. The second-order valence-electron chi connectivity index (χ2n) is 11.7. The van der Waals surface area contributed by atoms with E-state index in [9.17, 15) is 19.6 Å². The van der Waals surface area contributed by atoms with E-state index in [0.29, 0.717) is 39.6 Å². The Balaban J connectivity index is 1.30. The zero-order chi connectivity index (χ0) is 28.3. The summed E-state index contributed by atoms with van der Waals surface area (Å²) in [4.78, 5) is 52.0. The Morgan fingerprint density at radius 1 is 1.27 bits per heavy atom. The molecule has 2 aliphatic heterocycles. The van der Waals surface area contributed by atoms with Crippen molar-refractivity contribution in [1.29, 1.82) is 5.26 Å². The number of hydrogen-bond acceptors (Lipinski definition) is 5. The Bertz CT molecular complexity index is 1590. The van der Waals surface area contributed by atoms with Crippen LogP contribution in [0.4, 0.5) is 5.69 Å². The van der Waals surface area contributed by atoms with Crippen LogP contribution in [0.1, 0.15) is 67.2 Å². The predicted molar refractivity (Wildman–Crippen MR) is 151 cm³/mol. The van der Waals surface area contributed by atoms with E-state index in [1.165, 1.54) is 9.80 Å². The first kappa shape index (κ1) is 26.3. The van der Waals surface area contributed by atoms with Gasteiger partial charge in [0.05, 0.1) is 27.5 Å². The van der Waals surface area contributed by atoms with Crippen molar-refractivity contribution in [2.75, 3.05) is 18.9 Å². The topological polar surface area (TPSA) is 122 Å². The van der Waals surface area contributed by atoms with Crippen LogP contribution in [-0.4, -0.2) is 63.2 Å². The fourth-order valence-corrected chi connectivity index (χ4v) is 6.42. The fraction of sp³-hybridized carbons (Fsp3) is 0.433. The smallest absolute Gasteiger partial charge is 0.254 e. The molecule has 0 radical (unpaired) electrons. The molecule has 3 atom stereocenters. The maximum Gasteiger partial charge on any atom is 0.254 e. The number of amides is 3. The number of halogens is 1. The van der Waals surface area contributed by atoms with Crippen LogP contribution in [0.15, 0.2) is 36.4 Å². The van der Waals surface area contributed by atoms with Crippen LogP contribution in [0, 0.1) is 17.2 Å². The molecular weight excluding hydrogens is 528 g/mol. The molecule has 3 aromatic rings. The summed E-state index contributed by atoms with van der Waals surface area (Å²) < 4.78 is 0. The van der Waals surface area contributed by atoms with Crippen molar-refractivity contribution in [3.05, 3.63) is 58.4 Å². The number of likely N-dealkylation sites (tertiary alicyclic amines) is 1. The molecule has 40 heavy (non-hydrogen) atoms. The van der Waals surface area contributed by atoms with E-state index in [4.69, 9.17) is 11.6 Å². The molecule has 1 saturated carbocycles. The average molecular weight is 559 g/mol. The number of nitrogens with one attached hydrogen (secondary N) is 2. The second-order valence-corrected chi connectivity index (χ2v) is 12.1. The molecule has 0 bridgehead atoms. The van der Waals surface area contributed by atoms with Crippen LogP contribution in [0.2, 0.25) is 5.02 Å². The molecule has 1 spiro atoms. The van der Waals surface area contributed by atoms with Gasteiger partial charge in [-0.3, -0.25) is 14.4 Å². The molecule has 1 aromatic heterocycles. The third-order valence-electron chi connectivity index (χ3n) is 8.46. The normalized spacial score (nSPS) is 22.4. The molecular formula is C30H31ClN6O3. The SMILES string of the molecule is CC(C)C[C@@H](C(=O)N1C[C@]2(C[C@H]1C#N)C(=O)Nc1ccccc12)N(C)C(=O)c1cc(Cl)c2[nH]c(C3CC3)nc2c1. The predicted octanol–water partition coefficient (Wildman–Crippen LogP) is 4.59. The molecule has 3 aliphatic rings. The summed E-state index contributed by atoms with van der Waals surface area (Å²) >= 11 is 6.55. The first-order chi connectivity index (χ1) is 19.1. The van der Waals surface area contributed by atoms with E-state index in [0.717, 1.165) is 24.2 Å². The molecule has 2 fully saturated rings. The van der Waals surface area contributed by atoms with E-state index in [-0.39, 0.29) is 36.6 Å². The number of hydrogen-bond donors (Lipinski definition) is 2. The number of likely N-dealkylation sites (N-methyl/N-ethyl adjacent to an activating group) is 1. The molecule has 3 amide bonds. The standard InChI is InChI=1S/C30H31ClN6O3/c1-16(2)10-24(36(3)27(38)18-11-21(31)25-23(12-18)33-26(35-25)17-8-9-17)28(39)37-15-30(13-19(37)14-32)20-6-4-5-7-22(20)34-29(30)40/h4-7,11-12,16-17,19,24H,8-10,13,15H2,1-3H3,(H,33,35)(H,34,40)/t19-,24-,30-/m0/s1. The van der Waals surface area contributed by atoms with Gasteiger partial charge in [0, 0.05) is 37.2 Å². The molecule has 2 aromatic carbocycles. The molecule has 0 unspecified atom stereocenters. The summed E-state index contributed by atoms with van der Waals surface area (Å²) in [6, 6.07) is 11.3. The lowest BCUT2D eigenvalue weighted by molar-refractivity contribution is -0.136. The van der Waals surface area contributed by atoms with Crippen LogP contribution in [0.3, 0.4) is 0 Å². The highest BCUT2D eigenvalue weighted by molar-refractivity contribution is 6.35. The number of aromatic amines is 1. The molecule has 10 heteroatoms. The number of benzene rings is 2. The number of carbonyl (C=O) groups excluding carboxylic acids is 3. The Labute approximate surface area is 237 Å². The number of nitrogens with zero attached hydrogens (tertiary/aromatic N) is 4. The summed E-state index contributed by atoms with van der Waals surface area (Å²) in [5, 5.41) is 13.4. The monoisotopic (exact) mass is 558 g/mol. The van der Waals surface area contributed by atoms with E-state index < -0.39 is 17.5 Å². The Hall–Kier alpha value is -3.90. The lowest BCUT2D eigenvalue weighted by atomic mass is 9.80. The Kier molecular flexibility index (Phi) is 6.34. The number of carbonyl (C=O) groups is 3. The minimum absolute atomic E-state index is 0.0819. The molecule has 3 heterocycles. The third kappa shape index (κ3) is 4.22. The van der Waals surface area contributed by atoms with E-state index in [1.807, 2.05) is 38.1 Å². The van der Waals surface area contributed by atoms with Crippen molar-refractivity contribution in [2.45, 2.75) is 62.9 Å². The quantitative estimate of drug-likeness (QED) is 0.458. The third-order valence-corrected chi connectivity index (χ3v) is 8.76. The van der Waals surface area contributed by atoms with Gasteiger partial charge in [0.1, 0.15) is 17.9 Å². The van der Waals surface area contributed by atoms with E-state index >= 15 is 0 Å². The summed E-state index contributed by atoms with van der Waals surface area (Å²) in [7, 11) is 1.61. The highest BCUT2D eigenvalue weighted by atomic mass is 35.5. The fourth-order valence-electron chi connectivity index (χ4n) is 6.16. The van der Waals surface area contributed by atoms with E-state index in [2.05, 4.69) is 21.4 Å². The first-order valence-corrected chi connectivity index (χ1v) is 14.1. The number of rotatable bonds is 6. The van der Waals surface area contributed by atoms with Gasteiger partial charge in [0.2, 0.25) is 11.8 Å². The summed E-state index contributed by atoms with van der Waals surface area (Å²) in [5.74, 6) is 0.477. The Morgan fingerprint density at radius 3 is 2.73 bits per heavy atom. The largest absolute Gasteiger partial charge is 0.341 e. The van der Waals surface area contributed by atoms with Crippen molar-refractivity contribution < 1.29 is 14.4 Å². The number of para-hydroxylation sites is 1. The van der Waals surface area contributed by atoms with Gasteiger partial charge in [0.25, 0.3) is 5.91 Å². The van der Waals surface area contributed by atoms with Crippen LogP contribution in [0.5, 0.6) is 0 Å². The van der Waals surface area contributed by atoms with Crippen LogP contribution >= 0.6 is 11.6 Å². The number of fused-ring (bicyclic) bond motifs is 3. The van der Waals surface area contributed by atoms with Crippen molar-refractivity contribution in [3.63, 3.8) is 0 Å². The van der Waals surface area contributed by atoms with Gasteiger partial charge in [-0.25, -0.2) is 4.98 Å². The minimum atomic E-state index is -0.991. The number of anilines is 1. The maximum absolute atomic E-state index is 14.2. The highest BCUT2D eigenvalue weighted by Crippen LogP contribution is 2.46. The van der Waals surface area contributed by atoms with Gasteiger partial charge in [-0.05, 0) is 48.9 Å². The van der Waals surface area contributed by atoms with Gasteiger partial charge in [0.15, 0.2) is 0 Å². The molecule has 9 nitrogen and oxygen atoms in total. The second kappa shape index (κ2) is 9.63. The molecule has 6 rings (SSSR count). The summed E-state index contributed by atoms with van der Waals surface area (Å²) in [6.07, 6.45) is 2.77. The zero-order valence-corrected chi connectivity index (χ0v) is 23.5. The summed E-state index contributed by atoms with van der Waals surface area (Å²) in [6.45, 7) is 4.05. The van der Waals surface area contributed by atoms with Crippen molar-refractivity contribution in [3.8, 4) is 6.07 Å². The lowest BCUT2D eigenvalue weighted by Crippen LogP contribution is -2.52. The summed E-state index contributed by atoms with van der Waals surface area (Å²) in [5.41, 5.74) is 2.18. The van der Waals surface area contributed by atoms with Gasteiger partial charge < -0.3 is 20.1 Å². The molecule has 206 valence electrons. The maximum atomic E-state index is 14.2. The minimum Gasteiger partial charge on any atom is -0.341 e. The van der Waals surface area contributed by atoms with Crippen LogP contribution < -0.4 is 5.32 Å². The number of nitriles is 1. The van der Waals surface area contributed by atoms with E-state index in [1.54, 1.807) is 19.2 Å². The Morgan fingerprint density at radius 2 is 2.02 bits per heavy atom. The van der Waals surface area contributed by atoms with Gasteiger partial charge >= 0.3 is 0 Å². The lowest BCUT2D eigenvalue weighted by Gasteiger charge is -2.33. The van der Waals surface area contributed by atoms with Crippen molar-refractivity contribution in [1.82, 2.24) is 19.8 Å².